The number of aryl methyl sites for hydroxylation is 1. The first-order chi connectivity index (χ1) is 20.7. The van der Waals surface area contributed by atoms with E-state index in [9.17, 15) is 24.5 Å². The van der Waals surface area contributed by atoms with Gasteiger partial charge in [-0.3, -0.25) is 28.8 Å². The minimum Gasteiger partial charge on any atom is -0.492 e. The summed E-state index contributed by atoms with van der Waals surface area (Å²) in [6.45, 7) is 4.15. The van der Waals surface area contributed by atoms with Gasteiger partial charge in [0.1, 0.15) is 11.5 Å². The number of nitrogens with one attached hydrogen (secondary N) is 1. The molecule has 0 aliphatic heterocycles. The number of nitrogens with zero attached hydrogens (tertiary/aromatic N) is 4. The Hall–Kier alpha value is -5.65. The number of nitro groups is 1. The molecule has 0 atom stereocenters. The van der Waals surface area contributed by atoms with Gasteiger partial charge in [0, 0.05) is 55.7 Å². The summed E-state index contributed by atoms with van der Waals surface area (Å²) in [4.78, 5) is 50.6. The molecule has 0 spiro atoms. The zero-order valence-electron chi connectivity index (χ0n) is 24.0. The number of amides is 1. The minimum atomic E-state index is -0.562. The first-order valence-corrected chi connectivity index (χ1v) is 13.5. The van der Waals surface area contributed by atoms with Gasteiger partial charge in [0.2, 0.25) is 0 Å². The van der Waals surface area contributed by atoms with E-state index in [1.807, 2.05) is 6.07 Å². The summed E-state index contributed by atoms with van der Waals surface area (Å²) in [5.74, 6) is 0.317. The van der Waals surface area contributed by atoms with Gasteiger partial charge >= 0.3 is 5.69 Å². The number of carbonyl (C=O) groups excluding carboxylic acids is 1. The van der Waals surface area contributed by atoms with E-state index in [1.165, 1.54) is 29.8 Å². The molecule has 0 radical (unpaired) electrons. The number of non-ortho nitro benzene ring substituents is 1. The molecular weight excluding hydrogens is 554 g/mol. The first-order valence-electron chi connectivity index (χ1n) is 13.5. The van der Waals surface area contributed by atoms with Crippen molar-refractivity contribution >= 4 is 28.2 Å². The molecule has 1 amide bonds. The molecule has 220 valence electrons. The summed E-state index contributed by atoms with van der Waals surface area (Å²) in [5, 5.41) is 14.7. The van der Waals surface area contributed by atoms with Crippen molar-refractivity contribution < 1.29 is 19.2 Å². The number of hydrogen-bond donors (Lipinski definition) is 1. The van der Waals surface area contributed by atoms with Crippen LogP contribution >= 0.6 is 0 Å². The summed E-state index contributed by atoms with van der Waals surface area (Å²) in [7, 11) is 2.92. The molecule has 1 N–H and O–H groups in total. The van der Waals surface area contributed by atoms with Gasteiger partial charge in [-0.05, 0) is 26.0 Å². The molecule has 0 aliphatic carbocycles. The fourth-order valence-electron chi connectivity index (χ4n) is 4.95. The standard InChI is InChI=1S/C31H29N5O7/c1-5-42-25-17-23(26(43-6-2)16-22(25)32-29(37)19-11-8-7-9-12-19)35-18-24-27(30(38)34(4)31(39)33(24)3)28(35)20-13-10-14-21(15-20)36(40)41/h7-18H,5-6H2,1-4H3,(H,32,37). The quantitative estimate of drug-likeness (QED) is 0.197. The van der Waals surface area contributed by atoms with E-state index in [1.54, 1.807) is 74.1 Å². The molecule has 0 bridgehead atoms. The van der Waals surface area contributed by atoms with Gasteiger partial charge < -0.3 is 19.4 Å². The van der Waals surface area contributed by atoms with Crippen LogP contribution in [-0.2, 0) is 14.1 Å². The van der Waals surface area contributed by atoms with Crippen LogP contribution in [0.25, 0.3) is 27.8 Å². The third-order valence-electron chi connectivity index (χ3n) is 6.97. The molecule has 0 fully saturated rings. The van der Waals surface area contributed by atoms with Gasteiger partial charge in [0.05, 0.1) is 46.1 Å². The van der Waals surface area contributed by atoms with E-state index in [2.05, 4.69) is 5.32 Å². The number of ether oxygens (including phenoxy) is 2. The van der Waals surface area contributed by atoms with Crippen molar-refractivity contribution in [3.8, 4) is 28.4 Å². The number of aromatic nitrogens is 3. The van der Waals surface area contributed by atoms with Gasteiger partial charge in [0.25, 0.3) is 17.2 Å². The topological polar surface area (TPSA) is 140 Å². The summed E-state index contributed by atoms with van der Waals surface area (Å²) in [6, 6.07) is 17.9. The van der Waals surface area contributed by atoms with Crippen LogP contribution in [0.3, 0.4) is 0 Å². The van der Waals surface area contributed by atoms with E-state index in [-0.39, 0.29) is 30.2 Å². The van der Waals surface area contributed by atoms with E-state index < -0.39 is 16.2 Å². The average Bonchev–Trinajstić information content (AvgIpc) is 3.41. The second-order valence-corrected chi connectivity index (χ2v) is 9.62. The largest absolute Gasteiger partial charge is 0.492 e. The minimum absolute atomic E-state index is 0.168. The first kappa shape index (κ1) is 28.9. The smallest absolute Gasteiger partial charge is 0.330 e. The predicted octanol–water partition coefficient (Wildman–Crippen LogP) is 4.65. The van der Waals surface area contributed by atoms with E-state index >= 15 is 0 Å². The third kappa shape index (κ3) is 5.25. The van der Waals surface area contributed by atoms with Crippen LogP contribution in [0.15, 0.2) is 82.5 Å². The summed E-state index contributed by atoms with van der Waals surface area (Å²) in [6.07, 6.45) is 1.61. The maximum atomic E-state index is 13.5. The Morgan fingerprint density at radius 1 is 0.907 bits per heavy atom. The van der Waals surface area contributed by atoms with Crippen LogP contribution in [0, 0.1) is 10.1 Å². The normalized spacial score (nSPS) is 11.0. The number of hydrogen-bond acceptors (Lipinski definition) is 7. The van der Waals surface area contributed by atoms with Crippen LogP contribution in [0.4, 0.5) is 11.4 Å². The van der Waals surface area contributed by atoms with Crippen LogP contribution in [0.5, 0.6) is 11.5 Å². The van der Waals surface area contributed by atoms with Crippen molar-refractivity contribution in [2.75, 3.05) is 18.5 Å². The molecule has 5 rings (SSSR count). The van der Waals surface area contributed by atoms with Gasteiger partial charge in [-0.15, -0.1) is 0 Å². The molecule has 0 saturated heterocycles. The third-order valence-corrected chi connectivity index (χ3v) is 6.97. The maximum Gasteiger partial charge on any atom is 0.330 e. The molecule has 2 aromatic heterocycles. The highest BCUT2D eigenvalue weighted by atomic mass is 16.6. The lowest BCUT2D eigenvalue weighted by Crippen LogP contribution is -2.36. The number of anilines is 1. The molecule has 0 saturated carbocycles. The van der Waals surface area contributed by atoms with E-state index in [0.717, 1.165) is 4.57 Å². The van der Waals surface area contributed by atoms with Crippen LogP contribution in [0.2, 0.25) is 0 Å². The summed E-state index contributed by atoms with van der Waals surface area (Å²) < 4.78 is 15.9. The van der Waals surface area contributed by atoms with Crippen LogP contribution in [-0.4, -0.2) is 37.7 Å². The monoisotopic (exact) mass is 583 g/mol. The van der Waals surface area contributed by atoms with Gasteiger partial charge in [-0.2, -0.15) is 0 Å². The lowest BCUT2D eigenvalue weighted by molar-refractivity contribution is -0.384. The Morgan fingerprint density at radius 2 is 1.60 bits per heavy atom. The highest BCUT2D eigenvalue weighted by Gasteiger charge is 2.25. The molecule has 0 aliphatic rings. The van der Waals surface area contributed by atoms with Crippen molar-refractivity contribution in [1.82, 2.24) is 13.7 Å². The lowest BCUT2D eigenvalue weighted by atomic mass is 10.1. The number of carbonyl (C=O) groups is 1. The molecule has 0 unspecified atom stereocenters. The lowest BCUT2D eigenvalue weighted by Gasteiger charge is -2.19. The number of fused-ring (bicyclic) bond motifs is 1. The Bertz CT molecular complexity index is 1990. The van der Waals surface area contributed by atoms with Crippen molar-refractivity contribution in [3.05, 3.63) is 109 Å². The van der Waals surface area contributed by atoms with Crippen molar-refractivity contribution in [3.63, 3.8) is 0 Å². The average molecular weight is 584 g/mol. The predicted molar refractivity (Wildman–Crippen MR) is 163 cm³/mol. The second-order valence-electron chi connectivity index (χ2n) is 9.62. The molecule has 43 heavy (non-hydrogen) atoms. The second kappa shape index (κ2) is 11.7. The zero-order valence-corrected chi connectivity index (χ0v) is 24.0. The van der Waals surface area contributed by atoms with Crippen molar-refractivity contribution in [1.29, 1.82) is 0 Å². The highest BCUT2D eigenvalue weighted by Crippen LogP contribution is 2.40. The molecular formula is C31H29N5O7. The SMILES string of the molecule is CCOc1cc(-n2cc3c(c2-c2cccc([N+](=O)[O-])c2)c(=O)n(C)c(=O)n3C)c(OCC)cc1NC(=O)c1ccccc1. The number of benzene rings is 3. The van der Waals surface area contributed by atoms with Crippen LogP contribution in [0.1, 0.15) is 24.2 Å². The van der Waals surface area contributed by atoms with E-state index in [4.69, 9.17) is 9.47 Å². The fourth-order valence-corrected chi connectivity index (χ4v) is 4.95. The Balaban J connectivity index is 1.82. The summed E-state index contributed by atoms with van der Waals surface area (Å²) in [5.41, 5.74) is 0.993. The maximum absolute atomic E-state index is 13.5. The molecule has 12 nitrogen and oxygen atoms in total. The Kier molecular flexibility index (Phi) is 7.84. The number of rotatable bonds is 9. The van der Waals surface area contributed by atoms with Crippen molar-refractivity contribution in [2.45, 2.75) is 13.8 Å². The fraction of sp³-hybridized carbons (Fsp3) is 0.194. The van der Waals surface area contributed by atoms with E-state index in [0.29, 0.717) is 45.2 Å². The Morgan fingerprint density at radius 3 is 2.28 bits per heavy atom. The highest BCUT2D eigenvalue weighted by molar-refractivity contribution is 6.05. The molecule has 2 heterocycles. The van der Waals surface area contributed by atoms with Crippen molar-refractivity contribution in [2.24, 2.45) is 14.1 Å². The van der Waals surface area contributed by atoms with Crippen LogP contribution < -0.4 is 26.0 Å². The molecule has 12 heteroatoms. The van der Waals surface area contributed by atoms with Gasteiger partial charge in [0.15, 0.2) is 0 Å². The van der Waals surface area contributed by atoms with Gasteiger partial charge in [-0.25, -0.2) is 4.79 Å². The zero-order chi connectivity index (χ0) is 30.8. The Labute approximate surface area is 245 Å². The van der Waals surface area contributed by atoms with Gasteiger partial charge in [-0.1, -0.05) is 30.3 Å². The summed E-state index contributed by atoms with van der Waals surface area (Å²) >= 11 is 0. The molecule has 5 aromatic rings. The molecule has 3 aromatic carbocycles. The number of nitro benzene ring substituents is 1.